The molecule has 3 heterocycles. The van der Waals surface area contributed by atoms with E-state index in [1.807, 2.05) is 12.1 Å². The third-order valence-corrected chi connectivity index (χ3v) is 5.55. The van der Waals surface area contributed by atoms with E-state index in [2.05, 4.69) is 4.98 Å². The van der Waals surface area contributed by atoms with Crippen molar-refractivity contribution in [3.8, 4) is 0 Å². The van der Waals surface area contributed by atoms with E-state index in [0.29, 0.717) is 24.2 Å². The van der Waals surface area contributed by atoms with Crippen molar-refractivity contribution in [2.45, 2.75) is 31.9 Å². The quantitative estimate of drug-likeness (QED) is 0.798. The Morgan fingerprint density at radius 1 is 1.29 bits per heavy atom. The summed E-state index contributed by atoms with van der Waals surface area (Å²) in [6.45, 7) is 0.322. The van der Waals surface area contributed by atoms with Gasteiger partial charge in [-0.25, -0.2) is 4.98 Å². The molecule has 0 N–H and O–H groups in total. The van der Waals surface area contributed by atoms with Crippen molar-refractivity contribution >= 4 is 11.6 Å². The number of carbonyl (C=O) groups excluding carboxylic acids is 1. The third-order valence-electron chi connectivity index (χ3n) is 5.55. The first-order valence-corrected chi connectivity index (χ1v) is 8.19. The summed E-state index contributed by atoms with van der Waals surface area (Å²) in [4.78, 5) is 18.6. The molecule has 1 saturated heterocycles. The Morgan fingerprint density at radius 2 is 2.08 bits per heavy atom. The summed E-state index contributed by atoms with van der Waals surface area (Å²) in [5.41, 5.74) is 0.163. The van der Waals surface area contributed by atoms with Gasteiger partial charge >= 0.3 is 6.18 Å². The number of likely N-dealkylation sites (tertiary alicyclic amines) is 1. The van der Waals surface area contributed by atoms with Gasteiger partial charge in [0.1, 0.15) is 11.3 Å². The van der Waals surface area contributed by atoms with E-state index in [4.69, 9.17) is 0 Å². The molecule has 1 aliphatic heterocycles. The Morgan fingerprint density at radius 3 is 2.71 bits per heavy atom. The van der Waals surface area contributed by atoms with Gasteiger partial charge in [-0.05, 0) is 36.8 Å². The number of nitrogens with zero attached hydrogens (tertiary/aromatic N) is 3. The average molecular weight is 337 g/mol. The smallest absolute Gasteiger partial charge is 0.337 e. The predicted molar refractivity (Wildman–Crippen MR) is 81.5 cm³/mol. The fourth-order valence-electron chi connectivity index (χ4n) is 4.18. The van der Waals surface area contributed by atoms with Crippen LogP contribution in [0.25, 0.3) is 5.65 Å². The maximum absolute atomic E-state index is 13.3. The van der Waals surface area contributed by atoms with Crippen LogP contribution in [-0.4, -0.2) is 39.5 Å². The number of halogens is 3. The number of pyridine rings is 1. The second-order valence-electron chi connectivity index (χ2n) is 6.92. The van der Waals surface area contributed by atoms with Crippen LogP contribution in [0.4, 0.5) is 13.2 Å². The SMILES string of the molecule is O=C(c1cn2ccccc2n1)N1CCC(C(F)(F)F)C2(CCC2)C1. The first-order valence-electron chi connectivity index (χ1n) is 8.19. The van der Waals surface area contributed by atoms with E-state index < -0.39 is 17.5 Å². The molecule has 0 aromatic carbocycles. The van der Waals surface area contributed by atoms with Crippen LogP contribution in [0.1, 0.15) is 36.2 Å². The van der Waals surface area contributed by atoms with Crippen LogP contribution in [0.3, 0.4) is 0 Å². The summed E-state index contributed by atoms with van der Waals surface area (Å²) >= 11 is 0. The highest BCUT2D eigenvalue weighted by Gasteiger charge is 2.58. The number of hydrogen-bond donors (Lipinski definition) is 0. The van der Waals surface area contributed by atoms with E-state index in [-0.39, 0.29) is 25.4 Å². The molecule has 1 saturated carbocycles. The van der Waals surface area contributed by atoms with Crippen molar-refractivity contribution in [2.24, 2.45) is 11.3 Å². The van der Waals surface area contributed by atoms with Gasteiger partial charge < -0.3 is 9.30 Å². The van der Waals surface area contributed by atoms with Gasteiger partial charge in [-0.2, -0.15) is 13.2 Å². The minimum atomic E-state index is -4.18. The van der Waals surface area contributed by atoms with Crippen molar-refractivity contribution in [3.05, 3.63) is 36.3 Å². The molecule has 0 bridgehead atoms. The Bertz CT molecular complexity index is 746. The number of rotatable bonds is 1. The minimum Gasteiger partial charge on any atom is -0.337 e. The second kappa shape index (κ2) is 5.22. The number of imidazole rings is 1. The standard InChI is InChI=1S/C17H18F3N3O/c18-17(19,20)13-5-9-23(11-16(13)6-3-7-16)15(24)12-10-22-8-2-1-4-14(22)21-12/h1-2,4,8,10,13H,3,5-7,9,11H2. The lowest BCUT2D eigenvalue weighted by atomic mass is 9.58. The molecule has 1 atom stereocenters. The Hall–Kier alpha value is -2.05. The summed E-state index contributed by atoms with van der Waals surface area (Å²) < 4.78 is 41.7. The molecule has 0 radical (unpaired) electrons. The van der Waals surface area contributed by atoms with E-state index in [9.17, 15) is 18.0 Å². The molecule has 1 aliphatic carbocycles. The molecule has 1 unspecified atom stereocenters. The number of aromatic nitrogens is 2. The predicted octanol–water partition coefficient (Wildman–Crippen LogP) is 3.53. The van der Waals surface area contributed by atoms with Crippen LogP contribution < -0.4 is 0 Å². The average Bonchev–Trinajstić information content (AvgIpc) is 2.95. The highest BCUT2D eigenvalue weighted by Crippen LogP contribution is 2.56. The van der Waals surface area contributed by atoms with Crippen LogP contribution in [0.2, 0.25) is 0 Å². The van der Waals surface area contributed by atoms with Crippen molar-refractivity contribution in [1.29, 1.82) is 0 Å². The first kappa shape index (κ1) is 15.5. The zero-order valence-corrected chi connectivity index (χ0v) is 13.1. The van der Waals surface area contributed by atoms with Gasteiger partial charge in [0.15, 0.2) is 0 Å². The molecule has 2 fully saturated rings. The van der Waals surface area contributed by atoms with Gasteiger partial charge in [0, 0.05) is 25.5 Å². The van der Waals surface area contributed by atoms with Crippen LogP contribution in [0.15, 0.2) is 30.6 Å². The van der Waals surface area contributed by atoms with Gasteiger partial charge in [0.2, 0.25) is 0 Å². The van der Waals surface area contributed by atoms with E-state index in [1.54, 1.807) is 27.8 Å². The molecular weight excluding hydrogens is 319 g/mol. The molecule has 2 aromatic rings. The largest absolute Gasteiger partial charge is 0.392 e. The number of alkyl halides is 3. The Balaban J connectivity index is 1.58. The first-order chi connectivity index (χ1) is 11.4. The monoisotopic (exact) mass is 337 g/mol. The maximum Gasteiger partial charge on any atom is 0.392 e. The highest BCUT2D eigenvalue weighted by molar-refractivity contribution is 5.93. The lowest BCUT2D eigenvalue weighted by Gasteiger charge is -2.54. The molecule has 1 spiro atoms. The normalized spacial score (nSPS) is 23.5. The van der Waals surface area contributed by atoms with Crippen molar-refractivity contribution in [1.82, 2.24) is 14.3 Å². The second-order valence-corrected chi connectivity index (χ2v) is 6.92. The third kappa shape index (κ3) is 2.37. The molecule has 4 rings (SSSR count). The summed E-state index contributed by atoms with van der Waals surface area (Å²) in [6, 6.07) is 5.45. The van der Waals surface area contributed by atoms with Crippen LogP contribution in [0.5, 0.6) is 0 Å². The molecule has 7 heteroatoms. The number of amides is 1. The fraction of sp³-hybridized carbons (Fsp3) is 0.529. The van der Waals surface area contributed by atoms with E-state index in [1.165, 1.54) is 0 Å². The van der Waals surface area contributed by atoms with Gasteiger partial charge in [0.05, 0.1) is 5.92 Å². The number of hydrogen-bond acceptors (Lipinski definition) is 2. The maximum atomic E-state index is 13.3. The molecule has 24 heavy (non-hydrogen) atoms. The highest BCUT2D eigenvalue weighted by atomic mass is 19.4. The van der Waals surface area contributed by atoms with Gasteiger partial charge in [-0.3, -0.25) is 4.79 Å². The van der Waals surface area contributed by atoms with Crippen molar-refractivity contribution < 1.29 is 18.0 Å². The summed E-state index contributed by atoms with van der Waals surface area (Å²) in [5.74, 6) is -1.56. The van der Waals surface area contributed by atoms with Gasteiger partial charge in [0.25, 0.3) is 5.91 Å². The topological polar surface area (TPSA) is 37.6 Å². The van der Waals surface area contributed by atoms with Gasteiger partial charge in [-0.1, -0.05) is 12.5 Å². The van der Waals surface area contributed by atoms with Crippen LogP contribution in [0, 0.1) is 11.3 Å². The summed E-state index contributed by atoms with van der Waals surface area (Å²) in [6.07, 6.45) is 1.14. The Labute approximate surface area is 137 Å². The van der Waals surface area contributed by atoms with Crippen LogP contribution in [-0.2, 0) is 0 Å². The van der Waals surface area contributed by atoms with Gasteiger partial charge in [-0.15, -0.1) is 0 Å². The number of piperidine rings is 1. The number of fused-ring (bicyclic) bond motifs is 1. The zero-order valence-electron chi connectivity index (χ0n) is 13.1. The molecule has 1 amide bonds. The summed E-state index contributed by atoms with van der Waals surface area (Å²) in [7, 11) is 0. The molecule has 2 aliphatic rings. The molecule has 2 aromatic heterocycles. The number of carbonyl (C=O) groups is 1. The molecular formula is C17H18F3N3O. The summed E-state index contributed by atoms with van der Waals surface area (Å²) in [5, 5.41) is 0. The van der Waals surface area contributed by atoms with Crippen LogP contribution >= 0.6 is 0 Å². The van der Waals surface area contributed by atoms with E-state index >= 15 is 0 Å². The zero-order chi connectivity index (χ0) is 16.9. The lowest BCUT2D eigenvalue weighted by Crippen LogP contribution is -2.57. The lowest BCUT2D eigenvalue weighted by molar-refractivity contribution is -0.235. The van der Waals surface area contributed by atoms with Crippen molar-refractivity contribution in [3.63, 3.8) is 0 Å². The van der Waals surface area contributed by atoms with E-state index in [0.717, 1.165) is 6.42 Å². The Kier molecular flexibility index (Phi) is 3.37. The molecule has 4 nitrogen and oxygen atoms in total. The molecule has 128 valence electrons. The minimum absolute atomic E-state index is 0.0113. The van der Waals surface area contributed by atoms with Crippen molar-refractivity contribution in [2.75, 3.05) is 13.1 Å². The fourth-order valence-corrected chi connectivity index (χ4v) is 4.18.